The third-order valence-electron chi connectivity index (χ3n) is 6.76. The number of hydrogen-bond acceptors (Lipinski definition) is 8. The molecule has 0 saturated heterocycles. The zero-order chi connectivity index (χ0) is 25.0. The Balaban J connectivity index is 1.31. The van der Waals surface area contributed by atoms with Crippen LogP contribution in [0.3, 0.4) is 0 Å². The van der Waals surface area contributed by atoms with Gasteiger partial charge < -0.3 is 15.0 Å². The first-order chi connectivity index (χ1) is 17.3. The van der Waals surface area contributed by atoms with Crippen LogP contribution in [0.4, 0.5) is 11.5 Å². The second-order valence-electron chi connectivity index (χ2n) is 9.63. The summed E-state index contributed by atoms with van der Waals surface area (Å²) in [5.41, 5.74) is 3.53. The first-order valence-electron chi connectivity index (χ1n) is 12.0. The molecule has 8 nitrogen and oxygen atoms in total. The van der Waals surface area contributed by atoms with Gasteiger partial charge in [-0.3, -0.25) is 13.9 Å². The summed E-state index contributed by atoms with van der Waals surface area (Å²) in [7, 11) is -2.79. The summed E-state index contributed by atoms with van der Waals surface area (Å²) in [4.78, 5) is 24.9. The van der Waals surface area contributed by atoms with Crippen molar-refractivity contribution >= 4 is 50.9 Å². The third-order valence-corrected chi connectivity index (χ3v) is 9.47. The minimum Gasteiger partial charge on any atom is -0.481 e. The molecule has 2 aromatic heterocycles. The quantitative estimate of drug-likeness (QED) is 0.353. The van der Waals surface area contributed by atoms with Crippen LogP contribution in [0, 0.1) is 5.92 Å². The molecule has 0 spiro atoms. The SMILES string of the molecule is CC(Oc1ccc2c(c1)N(c1nc(-c3ccc(Cl)s3)nc3c1CS(O)(O)C3)CC2)C(=O)NCC1CC1. The summed E-state index contributed by atoms with van der Waals surface area (Å²) < 4.78 is 27.6. The van der Waals surface area contributed by atoms with Gasteiger partial charge in [-0.05, 0) is 55.9 Å². The van der Waals surface area contributed by atoms with E-state index in [2.05, 4.69) is 15.2 Å². The first-order valence-corrected chi connectivity index (χ1v) is 15.1. The number of amides is 1. The zero-order valence-corrected chi connectivity index (χ0v) is 22.1. The molecule has 3 aliphatic rings. The lowest BCUT2D eigenvalue weighted by Crippen LogP contribution is -2.37. The lowest BCUT2D eigenvalue weighted by Gasteiger charge is -2.26. The van der Waals surface area contributed by atoms with Crippen LogP contribution in [-0.4, -0.2) is 44.2 Å². The maximum Gasteiger partial charge on any atom is 0.260 e. The number of rotatable bonds is 7. The molecule has 1 fully saturated rings. The smallest absolute Gasteiger partial charge is 0.260 e. The number of benzene rings is 1. The maximum atomic E-state index is 12.4. The second kappa shape index (κ2) is 9.18. The van der Waals surface area contributed by atoms with Crippen LogP contribution in [0.5, 0.6) is 5.75 Å². The number of ether oxygens (including phenoxy) is 1. The monoisotopic (exact) mass is 546 g/mol. The molecule has 1 aromatic carbocycles. The fourth-order valence-corrected chi connectivity index (χ4v) is 7.19. The van der Waals surface area contributed by atoms with Crippen LogP contribution in [0.2, 0.25) is 4.34 Å². The van der Waals surface area contributed by atoms with E-state index in [1.165, 1.54) is 24.2 Å². The average molecular weight is 547 g/mol. The Morgan fingerprint density at radius 2 is 2.11 bits per heavy atom. The fraction of sp³-hybridized carbons (Fsp3) is 0.400. The number of carbonyl (C=O) groups excluding carboxylic acids is 1. The van der Waals surface area contributed by atoms with Crippen molar-refractivity contribution in [3.8, 4) is 16.5 Å². The predicted octanol–water partition coefficient (Wildman–Crippen LogP) is 5.61. The molecular formula is C25H27ClN4O4S2. The molecule has 1 unspecified atom stereocenters. The van der Waals surface area contributed by atoms with Crippen LogP contribution >= 0.6 is 33.5 Å². The predicted molar refractivity (Wildman–Crippen MR) is 144 cm³/mol. The zero-order valence-electron chi connectivity index (χ0n) is 19.7. The number of halogens is 1. The minimum atomic E-state index is -2.79. The molecule has 2 aliphatic heterocycles. The van der Waals surface area contributed by atoms with E-state index in [-0.39, 0.29) is 17.4 Å². The van der Waals surface area contributed by atoms with Gasteiger partial charge in [0.25, 0.3) is 5.91 Å². The Morgan fingerprint density at radius 1 is 1.28 bits per heavy atom. The van der Waals surface area contributed by atoms with Crippen molar-refractivity contribution < 1.29 is 18.6 Å². The highest BCUT2D eigenvalue weighted by molar-refractivity contribution is 8.23. The van der Waals surface area contributed by atoms with Gasteiger partial charge in [0.05, 0.1) is 26.4 Å². The van der Waals surface area contributed by atoms with Gasteiger partial charge in [0.2, 0.25) is 0 Å². The summed E-state index contributed by atoms with van der Waals surface area (Å²) in [5.74, 6) is 2.58. The van der Waals surface area contributed by atoms with Crippen molar-refractivity contribution in [2.24, 2.45) is 5.92 Å². The van der Waals surface area contributed by atoms with Crippen LogP contribution in [0.1, 0.15) is 36.6 Å². The van der Waals surface area contributed by atoms with Crippen LogP contribution < -0.4 is 15.0 Å². The van der Waals surface area contributed by atoms with Crippen molar-refractivity contribution in [2.75, 3.05) is 18.0 Å². The molecule has 0 bridgehead atoms. The van der Waals surface area contributed by atoms with E-state index in [0.29, 0.717) is 46.4 Å². The Bertz CT molecular complexity index is 1340. The van der Waals surface area contributed by atoms with Gasteiger partial charge in [-0.2, -0.15) is 10.6 Å². The number of hydrogen-bond donors (Lipinski definition) is 3. The van der Waals surface area contributed by atoms with Crippen LogP contribution in [0.25, 0.3) is 10.7 Å². The highest BCUT2D eigenvalue weighted by atomic mass is 35.5. The number of fused-ring (bicyclic) bond motifs is 2. The fourth-order valence-electron chi connectivity index (χ4n) is 4.67. The van der Waals surface area contributed by atoms with E-state index in [9.17, 15) is 13.9 Å². The molecule has 4 heterocycles. The topological polar surface area (TPSA) is 108 Å². The van der Waals surface area contributed by atoms with Gasteiger partial charge in [-0.1, -0.05) is 17.7 Å². The van der Waals surface area contributed by atoms with Crippen molar-refractivity contribution in [2.45, 2.75) is 43.8 Å². The van der Waals surface area contributed by atoms with E-state index >= 15 is 0 Å². The molecule has 1 aliphatic carbocycles. The molecule has 1 saturated carbocycles. The summed E-state index contributed by atoms with van der Waals surface area (Å²) in [6.45, 7) is 3.16. The summed E-state index contributed by atoms with van der Waals surface area (Å²) >= 11 is 7.55. The Hall–Kier alpha value is -2.37. The molecule has 1 amide bonds. The van der Waals surface area contributed by atoms with Crippen molar-refractivity contribution in [3.05, 3.63) is 51.5 Å². The van der Waals surface area contributed by atoms with E-state index in [1.54, 1.807) is 6.92 Å². The van der Waals surface area contributed by atoms with Gasteiger partial charge in [-0.15, -0.1) is 11.3 Å². The highest BCUT2D eigenvalue weighted by Crippen LogP contribution is 2.55. The summed E-state index contributed by atoms with van der Waals surface area (Å²) in [6.07, 6.45) is 2.57. The van der Waals surface area contributed by atoms with Gasteiger partial charge in [0.15, 0.2) is 11.9 Å². The van der Waals surface area contributed by atoms with E-state index in [4.69, 9.17) is 21.3 Å². The summed E-state index contributed by atoms with van der Waals surface area (Å²) in [6, 6.07) is 9.55. The van der Waals surface area contributed by atoms with Crippen molar-refractivity contribution in [3.63, 3.8) is 0 Å². The Labute approximate surface area is 220 Å². The third kappa shape index (κ3) is 4.80. The Kier molecular flexibility index (Phi) is 6.12. The van der Waals surface area contributed by atoms with E-state index in [1.807, 2.05) is 30.3 Å². The highest BCUT2D eigenvalue weighted by Gasteiger charge is 2.35. The van der Waals surface area contributed by atoms with Gasteiger partial charge in [0, 0.05) is 30.4 Å². The molecule has 0 radical (unpaired) electrons. The van der Waals surface area contributed by atoms with E-state index in [0.717, 1.165) is 28.1 Å². The molecule has 36 heavy (non-hydrogen) atoms. The number of carbonyl (C=O) groups is 1. The van der Waals surface area contributed by atoms with E-state index < -0.39 is 16.7 Å². The van der Waals surface area contributed by atoms with Gasteiger partial charge in [0.1, 0.15) is 11.6 Å². The lowest BCUT2D eigenvalue weighted by molar-refractivity contribution is -0.127. The molecule has 1 atom stereocenters. The van der Waals surface area contributed by atoms with Crippen LogP contribution in [-0.2, 0) is 22.7 Å². The van der Waals surface area contributed by atoms with Crippen molar-refractivity contribution in [1.29, 1.82) is 0 Å². The number of nitrogens with zero attached hydrogens (tertiary/aromatic N) is 3. The summed E-state index contributed by atoms with van der Waals surface area (Å²) in [5, 5.41) is 2.97. The molecule has 3 N–H and O–H groups in total. The number of anilines is 2. The standard InChI is InChI=1S/C25H27ClN4O4S2/c1-14(25(31)27-11-15-2-3-15)34-17-5-4-16-8-9-30(20(16)10-17)24-18-12-36(32,33)13-19(18)28-23(29-24)21-6-7-22(26)35-21/h4-7,10,14-15,32-33H,2-3,8-9,11-13H2,1H3,(H,27,31). The minimum absolute atomic E-state index is 0.114. The normalized spacial score (nSPS) is 19.5. The van der Waals surface area contributed by atoms with Gasteiger partial charge >= 0.3 is 0 Å². The van der Waals surface area contributed by atoms with Crippen LogP contribution in [0.15, 0.2) is 30.3 Å². The maximum absolute atomic E-state index is 12.4. The molecule has 6 rings (SSSR count). The molecule has 3 aromatic rings. The van der Waals surface area contributed by atoms with Gasteiger partial charge in [-0.25, -0.2) is 9.97 Å². The number of thiophene rings is 1. The molecular weight excluding hydrogens is 520 g/mol. The number of aromatic nitrogens is 2. The second-order valence-corrected chi connectivity index (χ2v) is 13.5. The average Bonchev–Trinajstić information content (AvgIpc) is 3.26. The van der Waals surface area contributed by atoms with Crippen molar-refractivity contribution in [1.82, 2.24) is 15.3 Å². The first kappa shape index (κ1) is 24.0. The molecule has 11 heteroatoms. The number of nitrogens with one attached hydrogen (secondary N) is 1. The largest absolute Gasteiger partial charge is 0.481 e. The Morgan fingerprint density at radius 3 is 2.86 bits per heavy atom. The molecule has 190 valence electrons. The lowest BCUT2D eigenvalue weighted by atomic mass is 10.1.